The Kier molecular flexibility index (Phi) is 6.27. The van der Waals surface area contributed by atoms with E-state index in [1.54, 1.807) is 36.4 Å². The minimum Gasteiger partial charge on any atom is -0.346 e. The Bertz CT molecular complexity index is 1160. The molecule has 0 aliphatic carbocycles. The van der Waals surface area contributed by atoms with Crippen LogP contribution >= 0.6 is 0 Å². The number of sulfonamides is 1. The first-order chi connectivity index (χ1) is 14.2. The summed E-state index contributed by atoms with van der Waals surface area (Å²) in [5, 5.41) is 2.96. The van der Waals surface area contributed by atoms with Crippen molar-refractivity contribution < 1.29 is 13.2 Å². The number of benzene rings is 3. The summed E-state index contributed by atoms with van der Waals surface area (Å²) in [5.74, 6) is -0.318. The van der Waals surface area contributed by atoms with Gasteiger partial charge in [-0.1, -0.05) is 48.0 Å². The summed E-state index contributed by atoms with van der Waals surface area (Å²) < 4.78 is 27.3. The van der Waals surface area contributed by atoms with Crippen molar-refractivity contribution in [2.45, 2.75) is 31.7 Å². The van der Waals surface area contributed by atoms with Gasteiger partial charge in [-0.25, -0.2) is 8.42 Å². The minimum absolute atomic E-state index is 0.0701. The molecule has 1 N–H and O–H groups in total. The van der Waals surface area contributed by atoms with Crippen molar-refractivity contribution in [1.82, 2.24) is 5.32 Å². The standard InChI is InChI=1S/C24H26N2O3S/c1-17-13-14-23(18(2)15-17)19(3)25-24(27)20-9-8-12-22(16-20)30(28,29)26(4)21-10-6-5-7-11-21/h5-16,19H,1-4H3,(H,25,27)/t19-/m0/s1. The molecule has 0 radical (unpaired) electrons. The van der Waals surface area contributed by atoms with Gasteiger partial charge in [0.15, 0.2) is 0 Å². The summed E-state index contributed by atoms with van der Waals surface area (Å²) in [7, 11) is -2.29. The highest BCUT2D eigenvalue weighted by Crippen LogP contribution is 2.23. The van der Waals surface area contributed by atoms with Gasteiger partial charge in [0.05, 0.1) is 16.6 Å². The zero-order valence-corrected chi connectivity index (χ0v) is 18.4. The average molecular weight is 423 g/mol. The second-order valence-corrected chi connectivity index (χ2v) is 9.36. The van der Waals surface area contributed by atoms with Gasteiger partial charge in [-0.2, -0.15) is 0 Å². The van der Waals surface area contributed by atoms with E-state index < -0.39 is 10.0 Å². The smallest absolute Gasteiger partial charge is 0.264 e. The molecular formula is C24H26N2O3S. The van der Waals surface area contributed by atoms with E-state index in [2.05, 4.69) is 11.4 Å². The summed E-state index contributed by atoms with van der Waals surface area (Å²) in [6.07, 6.45) is 0. The van der Waals surface area contributed by atoms with Crippen molar-refractivity contribution in [3.05, 3.63) is 95.1 Å². The van der Waals surface area contributed by atoms with E-state index in [-0.39, 0.29) is 16.8 Å². The van der Waals surface area contributed by atoms with Crippen LogP contribution in [0.3, 0.4) is 0 Å². The molecule has 0 fully saturated rings. The SMILES string of the molecule is Cc1ccc([C@H](C)NC(=O)c2cccc(S(=O)(=O)N(C)c3ccccc3)c2)c(C)c1. The highest BCUT2D eigenvalue weighted by Gasteiger charge is 2.23. The van der Waals surface area contributed by atoms with Crippen LogP contribution in [0.1, 0.15) is 40.0 Å². The molecule has 3 rings (SSSR count). The van der Waals surface area contributed by atoms with Crippen molar-refractivity contribution in [2.24, 2.45) is 0 Å². The van der Waals surface area contributed by atoms with Crippen LogP contribution in [0.2, 0.25) is 0 Å². The number of amides is 1. The number of aryl methyl sites for hydroxylation is 2. The zero-order valence-electron chi connectivity index (χ0n) is 17.6. The van der Waals surface area contributed by atoms with Gasteiger partial charge in [-0.15, -0.1) is 0 Å². The normalized spacial score (nSPS) is 12.3. The van der Waals surface area contributed by atoms with E-state index >= 15 is 0 Å². The van der Waals surface area contributed by atoms with Gasteiger partial charge in [-0.3, -0.25) is 9.10 Å². The molecule has 0 aliphatic heterocycles. The first-order valence-electron chi connectivity index (χ1n) is 9.72. The molecule has 1 atom stereocenters. The van der Waals surface area contributed by atoms with Crippen molar-refractivity contribution >= 4 is 21.6 Å². The van der Waals surface area contributed by atoms with Crippen LogP contribution in [0.5, 0.6) is 0 Å². The average Bonchev–Trinajstić information content (AvgIpc) is 2.73. The molecule has 0 saturated heterocycles. The van der Waals surface area contributed by atoms with Gasteiger partial charge in [-0.05, 0) is 62.2 Å². The Balaban J connectivity index is 1.83. The Morgan fingerprint density at radius 1 is 0.933 bits per heavy atom. The summed E-state index contributed by atoms with van der Waals surface area (Å²) in [6, 6.07) is 20.8. The molecule has 0 aliphatic rings. The minimum atomic E-state index is -3.79. The molecule has 0 unspecified atom stereocenters. The second-order valence-electron chi connectivity index (χ2n) is 7.39. The van der Waals surface area contributed by atoms with Crippen LogP contribution in [0.15, 0.2) is 77.7 Å². The number of para-hydroxylation sites is 1. The fourth-order valence-electron chi connectivity index (χ4n) is 3.40. The number of nitrogens with one attached hydrogen (secondary N) is 1. The summed E-state index contributed by atoms with van der Waals surface area (Å²) in [6.45, 7) is 5.95. The first kappa shape index (κ1) is 21.6. The van der Waals surface area contributed by atoms with Crippen LogP contribution in [0.25, 0.3) is 0 Å². The van der Waals surface area contributed by atoms with E-state index in [0.29, 0.717) is 11.3 Å². The van der Waals surface area contributed by atoms with Crippen LogP contribution < -0.4 is 9.62 Å². The van der Waals surface area contributed by atoms with Crippen molar-refractivity contribution in [3.8, 4) is 0 Å². The van der Waals surface area contributed by atoms with E-state index in [1.807, 2.05) is 39.0 Å². The molecule has 0 bridgehead atoms. The van der Waals surface area contributed by atoms with Gasteiger partial charge >= 0.3 is 0 Å². The van der Waals surface area contributed by atoms with Gasteiger partial charge in [0, 0.05) is 12.6 Å². The molecule has 156 valence electrons. The largest absolute Gasteiger partial charge is 0.346 e. The van der Waals surface area contributed by atoms with E-state index in [0.717, 1.165) is 16.7 Å². The number of nitrogens with zero attached hydrogens (tertiary/aromatic N) is 1. The zero-order chi connectivity index (χ0) is 21.9. The number of carbonyl (C=O) groups is 1. The van der Waals surface area contributed by atoms with E-state index in [4.69, 9.17) is 0 Å². The number of anilines is 1. The lowest BCUT2D eigenvalue weighted by Crippen LogP contribution is -2.29. The topological polar surface area (TPSA) is 66.5 Å². The van der Waals surface area contributed by atoms with Gasteiger partial charge in [0.25, 0.3) is 15.9 Å². The third-order valence-electron chi connectivity index (χ3n) is 5.11. The molecule has 3 aromatic carbocycles. The quantitative estimate of drug-likeness (QED) is 0.630. The van der Waals surface area contributed by atoms with Crippen LogP contribution in [-0.4, -0.2) is 21.4 Å². The maximum atomic E-state index is 13.0. The third-order valence-corrected chi connectivity index (χ3v) is 6.90. The van der Waals surface area contributed by atoms with E-state index in [1.165, 1.54) is 23.5 Å². The van der Waals surface area contributed by atoms with Crippen LogP contribution in [0, 0.1) is 13.8 Å². The van der Waals surface area contributed by atoms with Crippen LogP contribution in [-0.2, 0) is 10.0 Å². The molecule has 0 spiro atoms. The molecule has 0 aromatic heterocycles. The summed E-state index contributed by atoms with van der Waals surface area (Å²) in [5.41, 5.74) is 4.14. The molecule has 5 nitrogen and oxygen atoms in total. The molecule has 30 heavy (non-hydrogen) atoms. The predicted octanol–water partition coefficient (Wildman–Crippen LogP) is 4.62. The highest BCUT2D eigenvalue weighted by molar-refractivity contribution is 7.92. The Hall–Kier alpha value is -3.12. The highest BCUT2D eigenvalue weighted by atomic mass is 32.2. The molecule has 6 heteroatoms. The Morgan fingerprint density at radius 3 is 2.30 bits per heavy atom. The maximum Gasteiger partial charge on any atom is 0.264 e. The summed E-state index contributed by atoms with van der Waals surface area (Å²) in [4.78, 5) is 12.9. The molecule has 3 aromatic rings. The van der Waals surface area contributed by atoms with Crippen molar-refractivity contribution in [3.63, 3.8) is 0 Å². The van der Waals surface area contributed by atoms with E-state index in [9.17, 15) is 13.2 Å². The molecule has 0 heterocycles. The fraction of sp³-hybridized carbons (Fsp3) is 0.208. The first-order valence-corrected chi connectivity index (χ1v) is 11.2. The lowest BCUT2D eigenvalue weighted by Gasteiger charge is -2.20. The summed E-state index contributed by atoms with van der Waals surface area (Å²) >= 11 is 0. The number of hydrogen-bond acceptors (Lipinski definition) is 3. The van der Waals surface area contributed by atoms with Crippen molar-refractivity contribution in [2.75, 3.05) is 11.4 Å². The Labute approximate surface area is 178 Å². The van der Waals surface area contributed by atoms with Gasteiger partial charge in [0.2, 0.25) is 0 Å². The predicted molar refractivity (Wildman–Crippen MR) is 120 cm³/mol. The number of hydrogen-bond donors (Lipinski definition) is 1. The van der Waals surface area contributed by atoms with Crippen LogP contribution in [0.4, 0.5) is 5.69 Å². The molecular weight excluding hydrogens is 396 g/mol. The Morgan fingerprint density at radius 2 is 1.63 bits per heavy atom. The molecule has 1 amide bonds. The third kappa shape index (κ3) is 4.54. The molecule has 0 saturated carbocycles. The van der Waals surface area contributed by atoms with Gasteiger partial charge in [0.1, 0.15) is 0 Å². The fourth-order valence-corrected chi connectivity index (χ4v) is 4.64. The lowest BCUT2D eigenvalue weighted by atomic mass is 10.00. The maximum absolute atomic E-state index is 13.0. The lowest BCUT2D eigenvalue weighted by molar-refractivity contribution is 0.0939. The number of rotatable bonds is 6. The number of carbonyl (C=O) groups excluding carboxylic acids is 1. The monoisotopic (exact) mass is 422 g/mol. The van der Waals surface area contributed by atoms with Crippen molar-refractivity contribution in [1.29, 1.82) is 0 Å². The second kappa shape index (κ2) is 8.71. The van der Waals surface area contributed by atoms with Gasteiger partial charge < -0.3 is 5.32 Å².